The molecule has 0 aromatic heterocycles. The number of carbonyl (C=O) groups is 1. The Hall–Kier alpha value is -2.04. The van der Waals surface area contributed by atoms with Gasteiger partial charge in [0, 0.05) is 4.92 Å². The number of aryl methyl sites for hydroxylation is 1. The zero-order valence-corrected chi connectivity index (χ0v) is 8.16. The van der Waals surface area contributed by atoms with Crippen LogP contribution in [-0.2, 0) is 4.79 Å². The fourth-order valence-electron chi connectivity index (χ4n) is 0.933. The lowest BCUT2D eigenvalue weighted by molar-refractivity contribution is -0.485. The minimum atomic E-state index is -1.37. The van der Waals surface area contributed by atoms with Gasteiger partial charge in [0.1, 0.15) is 0 Å². The molecule has 0 unspecified atom stereocenters. The van der Waals surface area contributed by atoms with Crippen LogP contribution < -0.4 is 0 Å². The Labute approximate surface area is 86.6 Å². The molecule has 5 nitrogen and oxygen atoms in total. The Morgan fingerprint density at radius 1 is 1.40 bits per heavy atom. The highest BCUT2D eigenvalue weighted by molar-refractivity contribution is 5.84. The maximum Gasteiger partial charge on any atom is 0.302 e. The van der Waals surface area contributed by atoms with Crippen molar-refractivity contribution in [3.63, 3.8) is 0 Å². The quantitative estimate of drug-likeness (QED) is 0.324. The van der Waals surface area contributed by atoms with Crippen LogP contribution in [0, 0.1) is 17.0 Å². The standard InChI is InChI=1S/C10H10N2O3/c1-8-2-4-9(5-3-8)11-6-10(7-13)12(14)15/h2-7,10H,1H3/t10-/m0/s1. The molecular weight excluding hydrogens is 196 g/mol. The van der Waals surface area contributed by atoms with Gasteiger partial charge < -0.3 is 0 Å². The molecule has 0 bridgehead atoms. The smallest absolute Gasteiger partial charge is 0.295 e. The summed E-state index contributed by atoms with van der Waals surface area (Å²) in [5.74, 6) is 0. The lowest BCUT2D eigenvalue weighted by atomic mass is 10.2. The summed E-state index contributed by atoms with van der Waals surface area (Å²) in [5.41, 5.74) is 1.67. The lowest BCUT2D eigenvalue weighted by Gasteiger charge is -1.96. The van der Waals surface area contributed by atoms with Crippen LogP contribution in [0.15, 0.2) is 29.3 Å². The van der Waals surface area contributed by atoms with Crippen molar-refractivity contribution in [1.82, 2.24) is 0 Å². The molecule has 1 aromatic rings. The number of aliphatic imine (C=N–C) groups is 1. The second-order valence-corrected chi connectivity index (χ2v) is 3.03. The van der Waals surface area contributed by atoms with Crippen LogP contribution in [0.5, 0.6) is 0 Å². The molecule has 1 rings (SSSR count). The minimum absolute atomic E-state index is 0.248. The van der Waals surface area contributed by atoms with E-state index in [1.807, 2.05) is 19.1 Å². The first-order valence-electron chi connectivity index (χ1n) is 4.33. The Morgan fingerprint density at radius 2 is 2.00 bits per heavy atom. The summed E-state index contributed by atoms with van der Waals surface area (Å²) in [6.07, 6.45) is 1.27. The molecule has 0 aliphatic carbocycles. The van der Waals surface area contributed by atoms with E-state index in [4.69, 9.17) is 0 Å². The van der Waals surface area contributed by atoms with Crippen LogP contribution in [0.4, 0.5) is 5.69 Å². The van der Waals surface area contributed by atoms with Crippen molar-refractivity contribution in [2.75, 3.05) is 0 Å². The Morgan fingerprint density at radius 3 is 2.47 bits per heavy atom. The van der Waals surface area contributed by atoms with E-state index < -0.39 is 11.0 Å². The van der Waals surface area contributed by atoms with E-state index in [-0.39, 0.29) is 6.29 Å². The highest BCUT2D eigenvalue weighted by atomic mass is 16.6. The van der Waals surface area contributed by atoms with Gasteiger partial charge in [-0.25, -0.2) is 0 Å². The van der Waals surface area contributed by atoms with Crippen molar-refractivity contribution >= 4 is 18.2 Å². The van der Waals surface area contributed by atoms with Crippen LogP contribution in [-0.4, -0.2) is 23.5 Å². The van der Waals surface area contributed by atoms with Gasteiger partial charge in [0.2, 0.25) is 0 Å². The molecule has 78 valence electrons. The molecule has 0 spiro atoms. The van der Waals surface area contributed by atoms with E-state index in [0.29, 0.717) is 5.69 Å². The monoisotopic (exact) mass is 206 g/mol. The summed E-state index contributed by atoms with van der Waals surface area (Å²) in [7, 11) is 0. The van der Waals surface area contributed by atoms with Gasteiger partial charge in [-0.2, -0.15) is 0 Å². The zero-order chi connectivity index (χ0) is 11.3. The third kappa shape index (κ3) is 3.30. The van der Waals surface area contributed by atoms with Gasteiger partial charge in [-0.3, -0.25) is 19.9 Å². The maximum absolute atomic E-state index is 10.3. The van der Waals surface area contributed by atoms with Crippen LogP contribution in [0.25, 0.3) is 0 Å². The summed E-state index contributed by atoms with van der Waals surface area (Å²) in [4.78, 5) is 23.7. The molecule has 0 saturated heterocycles. The highest BCUT2D eigenvalue weighted by Gasteiger charge is 2.14. The number of rotatable bonds is 4. The minimum Gasteiger partial charge on any atom is -0.295 e. The highest BCUT2D eigenvalue weighted by Crippen LogP contribution is 2.11. The molecular formula is C10H10N2O3. The number of nitro groups is 1. The number of aldehydes is 1. The number of hydrogen-bond acceptors (Lipinski definition) is 4. The molecule has 0 N–H and O–H groups in total. The van der Waals surface area contributed by atoms with Gasteiger partial charge in [0.05, 0.1) is 11.9 Å². The van der Waals surface area contributed by atoms with Gasteiger partial charge >= 0.3 is 6.04 Å². The fraction of sp³-hybridized carbons (Fsp3) is 0.200. The normalized spacial score (nSPS) is 12.6. The predicted molar refractivity (Wildman–Crippen MR) is 56.2 cm³/mol. The average molecular weight is 206 g/mol. The Balaban J connectivity index is 2.76. The first-order valence-corrected chi connectivity index (χ1v) is 4.33. The number of carbonyl (C=O) groups excluding carboxylic acids is 1. The number of nitrogens with zero attached hydrogens (tertiary/aromatic N) is 2. The van der Waals surface area contributed by atoms with Crippen LogP contribution in [0.1, 0.15) is 5.56 Å². The topological polar surface area (TPSA) is 72.6 Å². The molecule has 1 atom stereocenters. The predicted octanol–water partition coefficient (Wildman–Crippen LogP) is 1.54. The third-order valence-electron chi connectivity index (χ3n) is 1.79. The van der Waals surface area contributed by atoms with Gasteiger partial charge in [-0.05, 0) is 19.1 Å². The Bertz CT molecular complexity index is 384. The van der Waals surface area contributed by atoms with E-state index in [1.54, 1.807) is 12.1 Å². The summed E-state index contributed by atoms with van der Waals surface area (Å²) in [6.45, 7) is 1.93. The van der Waals surface area contributed by atoms with Crippen molar-refractivity contribution in [3.05, 3.63) is 39.9 Å². The van der Waals surface area contributed by atoms with Crippen LogP contribution in [0.3, 0.4) is 0 Å². The molecule has 0 aliphatic rings. The Kier molecular flexibility index (Phi) is 3.68. The second kappa shape index (κ2) is 4.99. The molecule has 15 heavy (non-hydrogen) atoms. The summed E-state index contributed by atoms with van der Waals surface area (Å²) >= 11 is 0. The maximum atomic E-state index is 10.3. The zero-order valence-electron chi connectivity index (χ0n) is 8.16. The van der Waals surface area contributed by atoms with E-state index in [2.05, 4.69) is 4.99 Å². The van der Waals surface area contributed by atoms with Gasteiger partial charge in [0.15, 0.2) is 6.29 Å². The van der Waals surface area contributed by atoms with Crippen molar-refractivity contribution in [2.45, 2.75) is 13.0 Å². The summed E-state index contributed by atoms with van der Waals surface area (Å²) in [5, 5.41) is 10.3. The number of benzene rings is 1. The molecule has 0 heterocycles. The first kappa shape index (κ1) is 11.0. The first-order chi connectivity index (χ1) is 7.13. The van der Waals surface area contributed by atoms with E-state index in [9.17, 15) is 14.9 Å². The van der Waals surface area contributed by atoms with E-state index in [0.717, 1.165) is 11.8 Å². The summed E-state index contributed by atoms with van der Waals surface area (Å²) in [6, 6.07) is 5.77. The number of hydrogen-bond donors (Lipinski definition) is 0. The molecule has 0 aliphatic heterocycles. The summed E-state index contributed by atoms with van der Waals surface area (Å²) < 4.78 is 0. The molecule has 0 saturated carbocycles. The third-order valence-corrected chi connectivity index (χ3v) is 1.79. The SMILES string of the molecule is Cc1ccc(N=C[C@@H](C=O)[N+](=O)[O-])cc1. The lowest BCUT2D eigenvalue weighted by Crippen LogP contribution is -2.22. The molecule has 0 fully saturated rings. The largest absolute Gasteiger partial charge is 0.302 e. The van der Waals surface area contributed by atoms with Crippen LogP contribution >= 0.6 is 0 Å². The van der Waals surface area contributed by atoms with Gasteiger partial charge in [0.25, 0.3) is 0 Å². The van der Waals surface area contributed by atoms with Crippen molar-refractivity contribution in [3.8, 4) is 0 Å². The average Bonchev–Trinajstić information content (AvgIpc) is 2.21. The molecule has 1 aromatic carbocycles. The van der Waals surface area contributed by atoms with Crippen molar-refractivity contribution in [1.29, 1.82) is 0 Å². The fourth-order valence-corrected chi connectivity index (χ4v) is 0.933. The van der Waals surface area contributed by atoms with E-state index >= 15 is 0 Å². The van der Waals surface area contributed by atoms with Gasteiger partial charge in [-0.15, -0.1) is 0 Å². The molecule has 0 radical (unpaired) electrons. The second-order valence-electron chi connectivity index (χ2n) is 3.03. The van der Waals surface area contributed by atoms with Crippen LogP contribution in [0.2, 0.25) is 0 Å². The molecule has 0 amide bonds. The van der Waals surface area contributed by atoms with E-state index in [1.165, 1.54) is 0 Å². The van der Waals surface area contributed by atoms with Gasteiger partial charge in [-0.1, -0.05) is 17.7 Å². The van der Waals surface area contributed by atoms with Crippen molar-refractivity contribution in [2.24, 2.45) is 4.99 Å². The molecule has 5 heteroatoms. The van der Waals surface area contributed by atoms with Crippen molar-refractivity contribution < 1.29 is 9.72 Å².